The molecule has 0 saturated carbocycles. The van der Waals surface area contributed by atoms with E-state index in [1.54, 1.807) is 12.4 Å². The molecule has 1 aromatic carbocycles. The van der Waals surface area contributed by atoms with Crippen LogP contribution in [0.25, 0.3) is 10.8 Å². The van der Waals surface area contributed by atoms with E-state index in [0.717, 1.165) is 41.6 Å². The van der Waals surface area contributed by atoms with E-state index in [1.165, 1.54) is 5.56 Å². The molecule has 6 heteroatoms. The van der Waals surface area contributed by atoms with E-state index in [0.29, 0.717) is 12.6 Å². The van der Waals surface area contributed by atoms with Crippen LogP contribution in [0.2, 0.25) is 0 Å². The molecule has 0 bridgehead atoms. The summed E-state index contributed by atoms with van der Waals surface area (Å²) in [6.07, 6.45) is 4.04. The van der Waals surface area contributed by atoms with Crippen molar-refractivity contribution in [3.8, 4) is 0 Å². The van der Waals surface area contributed by atoms with Gasteiger partial charge in [0.1, 0.15) is 5.60 Å². The van der Waals surface area contributed by atoms with Crippen molar-refractivity contribution in [2.24, 2.45) is 0 Å². The maximum atomic E-state index is 12.4. The smallest absolute Gasteiger partial charge is 0.410 e. The molecule has 1 fully saturated rings. The highest BCUT2D eigenvalue weighted by Crippen LogP contribution is 2.20. The minimum atomic E-state index is -0.466. The predicted molar refractivity (Wildman–Crippen MR) is 104 cm³/mol. The zero-order valence-corrected chi connectivity index (χ0v) is 16.7. The first-order valence-corrected chi connectivity index (χ1v) is 9.56. The number of pyridine rings is 1. The Morgan fingerprint density at radius 2 is 2.00 bits per heavy atom. The van der Waals surface area contributed by atoms with Crippen molar-refractivity contribution in [3.05, 3.63) is 42.2 Å². The molecule has 2 heterocycles. The molecule has 1 atom stereocenters. The van der Waals surface area contributed by atoms with Crippen molar-refractivity contribution >= 4 is 16.9 Å². The van der Waals surface area contributed by atoms with Gasteiger partial charge in [-0.15, -0.1) is 0 Å². The highest BCUT2D eigenvalue weighted by molar-refractivity contribution is 5.81. The average molecular weight is 372 g/mol. The summed E-state index contributed by atoms with van der Waals surface area (Å²) in [7, 11) is 0. The number of hydrogen-bond donors (Lipinski definition) is 1. The molecule has 0 spiro atoms. The lowest BCUT2D eigenvalue weighted by Crippen LogP contribution is -2.39. The Morgan fingerprint density at radius 3 is 2.74 bits per heavy atom. The summed E-state index contributed by atoms with van der Waals surface area (Å²) in [5, 5.41) is 11.6. The first-order valence-electron chi connectivity index (χ1n) is 9.56. The molecule has 0 radical (unpaired) electrons. The molecule has 1 saturated heterocycles. The van der Waals surface area contributed by atoms with Crippen LogP contribution in [0.1, 0.15) is 39.7 Å². The largest absolute Gasteiger partial charge is 0.444 e. The van der Waals surface area contributed by atoms with Crippen LogP contribution in [0.5, 0.6) is 0 Å². The van der Waals surface area contributed by atoms with Gasteiger partial charge in [-0.25, -0.2) is 4.79 Å². The molecule has 1 aliphatic rings. The molecule has 146 valence electrons. The zero-order valence-electron chi connectivity index (χ0n) is 16.7. The molecule has 2 aromatic rings. The third-order valence-electron chi connectivity index (χ3n) is 4.96. The summed E-state index contributed by atoms with van der Waals surface area (Å²) >= 11 is 0. The second kappa shape index (κ2) is 7.72. The van der Waals surface area contributed by atoms with Gasteiger partial charge in [0, 0.05) is 43.0 Å². The number of nitrogens with zero attached hydrogens (tertiary/aromatic N) is 3. The van der Waals surface area contributed by atoms with Crippen LogP contribution in [0.3, 0.4) is 0 Å². The number of fused-ring (bicyclic) bond motifs is 1. The number of ether oxygens (including phenoxy) is 1. The minimum absolute atomic E-state index is 0.223. The van der Waals surface area contributed by atoms with E-state index in [1.807, 2.05) is 37.8 Å². The lowest BCUT2D eigenvalue weighted by Gasteiger charge is -2.27. The Balaban J connectivity index is 1.67. The van der Waals surface area contributed by atoms with E-state index in [4.69, 9.17) is 4.74 Å². The van der Waals surface area contributed by atoms with Gasteiger partial charge < -0.3 is 9.64 Å². The molecule has 6 nitrogen and oxygen atoms in total. The van der Waals surface area contributed by atoms with Gasteiger partial charge >= 0.3 is 6.09 Å². The maximum absolute atomic E-state index is 12.4. The third kappa shape index (κ3) is 5.10. The SMILES string of the molecule is C[C@@H]1CCN(C(=O)OC(C)(C)C)CCN1Cc1ccc2c[n+](O)ccc2c1. The summed E-state index contributed by atoms with van der Waals surface area (Å²) in [4.78, 5) is 16.6. The Bertz CT molecular complexity index is 816. The van der Waals surface area contributed by atoms with Crippen LogP contribution in [0, 0.1) is 0 Å². The second-order valence-corrected chi connectivity index (χ2v) is 8.36. The van der Waals surface area contributed by atoms with E-state index in [-0.39, 0.29) is 6.09 Å². The summed E-state index contributed by atoms with van der Waals surface area (Å²) in [6.45, 7) is 11.0. The quantitative estimate of drug-likeness (QED) is 0.650. The molecule has 1 N–H and O–H groups in total. The lowest BCUT2D eigenvalue weighted by atomic mass is 10.1. The minimum Gasteiger partial charge on any atom is -0.444 e. The molecule has 1 amide bonds. The molecule has 0 unspecified atom stereocenters. The summed E-state index contributed by atoms with van der Waals surface area (Å²) < 4.78 is 6.60. The normalized spacial score (nSPS) is 19.1. The molecular formula is C21H30N3O3+. The molecule has 1 aromatic heterocycles. The number of benzene rings is 1. The van der Waals surface area contributed by atoms with Gasteiger partial charge in [-0.3, -0.25) is 10.1 Å². The highest BCUT2D eigenvalue weighted by atomic mass is 16.6. The highest BCUT2D eigenvalue weighted by Gasteiger charge is 2.27. The zero-order chi connectivity index (χ0) is 19.6. The topological polar surface area (TPSA) is 56.9 Å². The van der Waals surface area contributed by atoms with Gasteiger partial charge in [0.2, 0.25) is 12.4 Å². The fourth-order valence-corrected chi connectivity index (χ4v) is 3.41. The number of carbonyl (C=O) groups is 1. The molecule has 27 heavy (non-hydrogen) atoms. The molecular weight excluding hydrogens is 342 g/mol. The average Bonchev–Trinajstić information content (AvgIpc) is 2.76. The summed E-state index contributed by atoms with van der Waals surface area (Å²) in [6, 6.07) is 8.61. The van der Waals surface area contributed by atoms with Crippen LogP contribution in [0.4, 0.5) is 4.79 Å². The number of aromatic nitrogens is 1. The van der Waals surface area contributed by atoms with Gasteiger partial charge in [-0.2, -0.15) is 0 Å². The van der Waals surface area contributed by atoms with Crippen molar-refractivity contribution < 1.29 is 19.5 Å². The lowest BCUT2D eigenvalue weighted by molar-refractivity contribution is -0.903. The number of amides is 1. The number of rotatable bonds is 2. The maximum Gasteiger partial charge on any atom is 0.410 e. The van der Waals surface area contributed by atoms with Crippen LogP contribution in [-0.2, 0) is 11.3 Å². The standard InChI is InChI=1S/C21H30N3O3/c1-16-7-9-22(20(25)27-21(2,3)4)11-12-23(16)14-17-5-6-19-15-24(26)10-8-18(19)13-17/h5-6,8,10,13,15-16,26H,7,9,11-12,14H2,1-4H3/q+1/t16-/m1/s1. The fourth-order valence-electron chi connectivity index (χ4n) is 3.41. The van der Waals surface area contributed by atoms with Gasteiger partial charge in [0.25, 0.3) is 0 Å². The van der Waals surface area contributed by atoms with Gasteiger partial charge in [-0.05, 0) is 57.2 Å². The third-order valence-corrected chi connectivity index (χ3v) is 4.96. The van der Waals surface area contributed by atoms with E-state index < -0.39 is 5.60 Å². The van der Waals surface area contributed by atoms with Crippen molar-refractivity contribution in [1.82, 2.24) is 9.80 Å². The Kier molecular flexibility index (Phi) is 5.56. The van der Waals surface area contributed by atoms with Crippen molar-refractivity contribution in [1.29, 1.82) is 0 Å². The second-order valence-electron chi connectivity index (χ2n) is 8.36. The van der Waals surface area contributed by atoms with Crippen molar-refractivity contribution in [2.45, 2.75) is 52.3 Å². The van der Waals surface area contributed by atoms with Crippen LogP contribution < -0.4 is 4.73 Å². The molecule has 1 aliphatic heterocycles. The monoisotopic (exact) mass is 372 g/mol. The van der Waals surface area contributed by atoms with Crippen molar-refractivity contribution in [3.63, 3.8) is 0 Å². The van der Waals surface area contributed by atoms with Gasteiger partial charge in [0.05, 0.1) is 5.39 Å². The predicted octanol–water partition coefficient (Wildman–Crippen LogP) is 3.20. The Labute approximate surface area is 160 Å². The fraction of sp³-hybridized carbons (Fsp3) is 0.524. The van der Waals surface area contributed by atoms with E-state index in [2.05, 4.69) is 24.0 Å². The van der Waals surface area contributed by atoms with Gasteiger partial charge in [0.15, 0.2) is 0 Å². The van der Waals surface area contributed by atoms with E-state index in [9.17, 15) is 10.0 Å². The molecule has 0 aliphatic carbocycles. The first-order chi connectivity index (χ1) is 12.7. The Hall–Kier alpha value is -2.34. The first kappa shape index (κ1) is 19.4. The van der Waals surface area contributed by atoms with Crippen LogP contribution >= 0.6 is 0 Å². The number of hydrogen-bond acceptors (Lipinski definition) is 4. The van der Waals surface area contributed by atoms with Crippen LogP contribution in [-0.4, -0.2) is 52.4 Å². The summed E-state index contributed by atoms with van der Waals surface area (Å²) in [5.41, 5.74) is 0.766. The Morgan fingerprint density at radius 1 is 1.22 bits per heavy atom. The van der Waals surface area contributed by atoms with Crippen LogP contribution in [0.15, 0.2) is 36.7 Å². The van der Waals surface area contributed by atoms with E-state index >= 15 is 0 Å². The molecule has 3 rings (SSSR count). The van der Waals surface area contributed by atoms with Gasteiger partial charge in [-0.1, -0.05) is 6.07 Å². The van der Waals surface area contributed by atoms with Crippen molar-refractivity contribution in [2.75, 3.05) is 19.6 Å². The summed E-state index contributed by atoms with van der Waals surface area (Å²) in [5.74, 6) is 0. The number of carbonyl (C=O) groups excluding carboxylic acids is 1.